The average Bonchev–Trinajstić information content (AvgIpc) is 3.20. The Morgan fingerprint density at radius 1 is 1.15 bits per heavy atom. The van der Waals surface area contributed by atoms with Crippen molar-refractivity contribution < 1.29 is 9.53 Å². The highest BCUT2D eigenvalue weighted by Crippen LogP contribution is 2.52. The number of nitrogens with one attached hydrogen (secondary N) is 2. The minimum atomic E-state index is -0.374. The number of fused-ring (bicyclic) bond motifs is 2. The number of hydrogen-bond donors (Lipinski definition) is 3. The van der Waals surface area contributed by atoms with Crippen LogP contribution < -0.4 is 16.4 Å². The van der Waals surface area contributed by atoms with Crippen molar-refractivity contribution in [2.24, 2.45) is 0 Å². The highest BCUT2D eigenvalue weighted by Gasteiger charge is 2.55. The molecule has 0 unspecified atom stereocenters. The smallest absolute Gasteiger partial charge is 0.407 e. The highest BCUT2D eigenvalue weighted by molar-refractivity contribution is 6.32. The number of carbonyl (C=O) groups excluding carboxylic acids is 1. The molecule has 0 spiro atoms. The SMILES string of the molecule is Nc1c(Cl)ncnc1NC12CCC(NC(=O)OCc3ccccc3)(CC1)C2. The summed E-state index contributed by atoms with van der Waals surface area (Å²) in [6, 6.07) is 9.65. The molecule has 4 N–H and O–H groups in total. The van der Waals surface area contributed by atoms with Gasteiger partial charge >= 0.3 is 6.09 Å². The zero-order valence-electron chi connectivity index (χ0n) is 14.9. The van der Waals surface area contributed by atoms with E-state index in [4.69, 9.17) is 22.1 Å². The third-order valence-corrected chi connectivity index (χ3v) is 5.94. The molecule has 1 amide bonds. The van der Waals surface area contributed by atoms with E-state index in [2.05, 4.69) is 20.6 Å². The number of ether oxygens (including phenoxy) is 1. The van der Waals surface area contributed by atoms with E-state index in [-0.39, 0.29) is 28.9 Å². The van der Waals surface area contributed by atoms with Crippen LogP contribution in [0.2, 0.25) is 5.15 Å². The van der Waals surface area contributed by atoms with E-state index in [1.165, 1.54) is 6.33 Å². The van der Waals surface area contributed by atoms with Gasteiger partial charge in [-0.3, -0.25) is 0 Å². The van der Waals surface area contributed by atoms with Crippen molar-refractivity contribution in [3.05, 3.63) is 47.4 Å². The molecule has 2 bridgehead atoms. The summed E-state index contributed by atoms with van der Waals surface area (Å²) in [6.07, 6.45) is 5.45. The first kappa shape index (κ1) is 17.9. The summed E-state index contributed by atoms with van der Waals surface area (Å²) in [5.41, 5.74) is 6.93. The normalized spacial score (nSPS) is 26.0. The number of nitrogen functional groups attached to an aromatic ring is 1. The van der Waals surface area contributed by atoms with Crippen molar-refractivity contribution in [2.45, 2.75) is 49.8 Å². The number of hydrogen-bond acceptors (Lipinski definition) is 6. The van der Waals surface area contributed by atoms with Crippen molar-refractivity contribution in [1.29, 1.82) is 0 Å². The number of halogens is 1. The van der Waals surface area contributed by atoms with E-state index >= 15 is 0 Å². The topological polar surface area (TPSA) is 102 Å². The van der Waals surface area contributed by atoms with Gasteiger partial charge in [-0.1, -0.05) is 41.9 Å². The number of amides is 1. The number of anilines is 2. The molecule has 2 aromatic rings. The van der Waals surface area contributed by atoms with Crippen molar-refractivity contribution >= 4 is 29.2 Å². The lowest BCUT2D eigenvalue weighted by Crippen LogP contribution is -2.45. The number of aromatic nitrogens is 2. The Hall–Kier alpha value is -2.54. The number of carbonyl (C=O) groups is 1. The van der Waals surface area contributed by atoms with E-state index in [0.717, 1.165) is 37.7 Å². The van der Waals surface area contributed by atoms with Crippen LogP contribution in [0.1, 0.15) is 37.7 Å². The molecule has 4 rings (SSSR count). The van der Waals surface area contributed by atoms with Gasteiger partial charge < -0.3 is 21.1 Å². The van der Waals surface area contributed by atoms with E-state index < -0.39 is 0 Å². The molecule has 0 radical (unpaired) electrons. The fraction of sp³-hybridized carbons (Fsp3) is 0.421. The van der Waals surface area contributed by atoms with Gasteiger partial charge in [-0.05, 0) is 37.7 Å². The molecule has 8 heteroatoms. The van der Waals surface area contributed by atoms with Crippen molar-refractivity contribution in [3.8, 4) is 0 Å². The standard InChI is InChI=1S/C19H22ClN5O2/c20-15-14(21)16(23-12-22-15)24-18-6-8-19(11-18,9-7-18)25-17(26)27-10-13-4-2-1-3-5-13/h1-5,12H,6-11,21H2,(H,25,26)(H,22,23,24). The molecule has 2 saturated carbocycles. The summed E-state index contributed by atoms with van der Waals surface area (Å²) >= 11 is 5.99. The third kappa shape index (κ3) is 3.64. The lowest BCUT2D eigenvalue weighted by atomic mass is 9.91. The molecule has 0 aliphatic heterocycles. The number of benzene rings is 1. The molecule has 1 aromatic carbocycles. The Morgan fingerprint density at radius 3 is 2.59 bits per heavy atom. The van der Waals surface area contributed by atoms with Crippen LogP contribution in [0.3, 0.4) is 0 Å². The molecule has 1 aromatic heterocycles. The van der Waals surface area contributed by atoms with Gasteiger partial charge in [0.05, 0.1) is 0 Å². The van der Waals surface area contributed by atoms with Gasteiger partial charge in [0.25, 0.3) is 0 Å². The van der Waals surface area contributed by atoms with Gasteiger partial charge in [0, 0.05) is 11.1 Å². The number of nitrogens with zero attached hydrogens (tertiary/aromatic N) is 2. The molecule has 2 aliphatic carbocycles. The van der Waals surface area contributed by atoms with Crippen molar-refractivity contribution in [2.75, 3.05) is 11.1 Å². The average molecular weight is 388 g/mol. The number of nitrogens with two attached hydrogens (primary N) is 1. The summed E-state index contributed by atoms with van der Waals surface area (Å²) in [4.78, 5) is 20.4. The van der Waals surface area contributed by atoms with Gasteiger partial charge in [-0.25, -0.2) is 14.8 Å². The van der Waals surface area contributed by atoms with E-state index in [1.54, 1.807) is 0 Å². The van der Waals surface area contributed by atoms with E-state index in [0.29, 0.717) is 11.5 Å². The van der Waals surface area contributed by atoms with Crippen LogP contribution in [0.5, 0.6) is 0 Å². The monoisotopic (exact) mass is 387 g/mol. The van der Waals surface area contributed by atoms with Crippen LogP contribution in [0, 0.1) is 0 Å². The summed E-state index contributed by atoms with van der Waals surface area (Å²) in [5, 5.41) is 6.80. The fourth-order valence-corrected chi connectivity index (χ4v) is 4.38. The van der Waals surface area contributed by atoms with E-state index in [9.17, 15) is 4.79 Å². The van der Waals surface area contributed by atoms with Gasteiger partial charge in [-0.15, -0.1) is 0 Å². The second kappa shape index (κ2) is 6.88. The largest absolute Gasteiger partial charge is 0.445 e. The minimum Gasteiger partial charge on any atom is -0.445 e. The highest BCUT2D eigenvalue weighted by atomic mass is 35.5. The Kier molecular flexibility index (Phi) is 4.55. The first-order valence-corrected chi connectivity index (χ1v) is 9.40. The third-order valence-electron chi connectivity index (χ3n) is 5.64. The Morgan fingerprint density at radius 2 is 1.85 bits per heavy atom. The predicted octanol–water partition coefficient (Wildman–Crippen LogP) is 3.51. The van der Waals surface area contributed by atoms with Crippen LogP contribution in [-0.2, 0) is 11.3 Å². The molecule has 142 valence electrons. The second-order valence-electron chi connectivity index (χ2n) is 7.48. The summed E-state index contributed by atoms with van der Waals surface area (Å²) < 4.78 is 5.39. The predicted molar refractivity (Wildman–Crippen MR) is 103 cm³/mol. The van der Waals surface area contributed by atoms with Crippen molar-refractivity contribution in [1.82, 2.24) is 15.3 Å². The summed E-state index contributed by atoms with van der Waals surface area (Å²) in [6.45, 7) is 0.266. The quantitative estimate of drug-likeness (QED) is 0.678. The Bertz CT molecular complexity index is 837. The first-order chi connectivity index (χ1) is 13.0. The van der Waals surface area contributed by atoms with Crippen molar-refractivity contribution in [3.63, 3.8) is 0 Å². The zero-order valence-corrected chi connectivity index (χ0v) is 15.6. The molecule has 1 heterocycles. The van der Waals surface area contributed by atoms with Crippen LogP contribution >= 0.6 is 11.6 Å². The molecule has 2 fully saturated rings. The molecule has 0 atom stereocenters. The van der Waals surface area contributed by atoms with E-state index in [1.807, 2.05) is 30.3 Å². The maximum atomic E-state index is 12.3. The van der Waals surface area contributed by atoms with Crippen LogP contribution in [0.4, 0.5) is 16.3 Å². The summed E-state index contributed by atoms with van der Waals surface area (Å²) in [5.74, 6) is 0.555. The maximum Gasteiger partial charge on any atom is 0.407 e. The molecule has 0 saturated heterocycles. The van der Waals surface area contributed by atoms with Gasteiger partial charge in [0.1, 0.15) is 18.6 Å². The minimum absolute atomic E-state index is 0.140. The second-order valence-corrected chi connectivity index (χ2v) is 7.83. The van der Waals surface area contributed by atoms with Gasteiger partial charge in [-0.2, -0.15) is 0 Å². The summed E-state index contributed by atoms with van der Waals surface area (Å²) in [7, 11) is 0. The van der Waals surface area contributed by atoms with Crippen LogP contribution in [0.25, 0.3) is 0 Å². The lowest BCUT2D eigenvalue weighted by molar-refractivity contribution is 0.126. The number of alkyl carbamates (subject to hydrolysis) is 1. The van der Waals surface area contributed by atoms with Gasteiger partial charge in [0.2, 0.25) is 0 Å². The first-order valence-electron chi connectivity index (χ1n) is 9.02. The molecule has 27 heavy (non-hydrogen) atoms. The van der Waals surface area contributed by atoms with Gasteiger partial charge in [0.15, 0.2) is 11.0 Å². The Balaban J connectivity index is 1.37. The molecule has 7 nitrogen and oxygen atoms in total. The molecule has 2 aliphatic rings. The fourth-order valence-electron chi connectivity index (χ4n) is 4.25. The lowest BCUT2D eigenvalue weighted by Gasteiger charge is -2.29. The maximum absolute atomic E-state index is 12.3. The van der Waals surface area contributed by atoms with Crippen LogP contribution in [-0.4, -0.2) is 27.1 Å². The molecular weight excluding hydrogens is 366 g/mol. The van der Waals surface area contributed by atoms with Crippen LogP contribution in [0.15, 0.2) is 36.7 Å². The zero-order chi connectivity index (χ0) is 18.9. The Labute approximate surface area is 162 Å². The number of rotatable bonds is 5. The molecular formula is C19H22ClN5O2.